The minimum absolute atomic E-state index is 0.242. The van der Waals surface area contributed by atoms with Gasteiger partial charge in [0.05, 0.1) is 24.8 Å². The van der Waals surface area contributed by atoms with E-state index in [1.807, 2.05) is 0 Å². The van der Waals surface area contributed by atoms with E-state index in [4.69, 9.17) is 31.5 Å². The molecule has 0 aliphatic carbocycles. The molecule has 0 aliphatic heterocycles. The molecule has 2 aromatic carbocycles. The zero-order valence-corrected chi connectivity index (χ0v) is 13.9. The van der Waals surface area contributed by atoms with Crippen molar-refractivity contribution in [3.8, 4) is 17.2 Å². The molecule has 122 valence electrons. The molecule has 0 bridgehead atoms. The van der Waals surface area contributed by atoms with Gasteiger partial charge in [-0.2, -0.15) is 0 Å². The summed E-state index contributed by atoms with van der Waals surface area (Å²) in [5, 5.41) is 0.369. The van der Waals surface area contributed by atoms with Crippen molar-refractivity contribution >= 4 is 23.1 Å². The number of anilines is 1. The topological polar surface area (TPSA) is 70.8 Å². The number of Topliss-reactive ketones (excluding diaryl/α,β-unsaturated/α-hetero) is 1. The predicted octanol–water partition coefficient (Wildman–Crippen LogP) is 3.59. The highest BCUT2D eigenvalue weighted by atomic mass is 35.5. The van der Waals surface area contributed by atoms with Crippen molar-refractivity contribution in [2.75, 3.05) is 20.0 Å². The van der Waals surface area contributed by atoms with Gasteiger partial charge in [0, 0.05) is 11.8 Å². The summed E-state index contributed by atoms with van der Waals surface area (Å²) < 4.78 is 16.0. The zero-order valence-electron chi connectivity index (χ0n) is 13.1. The molecule has 2 rings (SSSR count). The van der Waals surface area contributed by atoms with Crippen molar-refractivity contribution < 1.29 is 19.0 Å². The standard InChI is InChI=1S/C17H18ClNO4/c1-10(23-12-6-4-11(19)5-7-12)17(20)13-8-16(22-3)14(18)9-15(13)21-2/h4-10H,19H2,1-3H3. The number of carbonyl (C=O) groups is 1. The van der Waals surface area contributed by atoms with Gasteiger partial charge in [0.2, 0.25) is 5.78 Å². The largest absolute Gasteiger partial charge is 0.496 e. The first-order valence-corrected chi connectivity index (χ1v) is 7.32. The van der Waals surface area contributed by atoms with Gasteiger partial charge in [0.25, 0.3) is 0 Å². The Bertz CT molecular complexity index is 700. The summed E-state index contributed by atoms with van der Waals surface area (Å²) in [5.41, 5.74) is 6.60. The van der Waals surface area contributed by atoms with E-state index in [0.29, 0.717) is 33.5 Å². The van der Waals surface area contributed by atoms with Crippen molar-refractivity contribution in [1.29, 1.82) is 0 Å². The predicted molar refractivity (Wildman–Crippen MR) is 89.8 cm³/mol. The first kappa shape index (κ1) is 17.0. The van der Waals surface area contributed by atoms with Crippen LogP contribution in [0, 0.1) is 0 Å². The Morgan fingerprint density at radius 1 is 1.09 bits per heavy atom. The summed E-state index contributed by atoms with van der Waals surface area (Å²) in [6.07, 6.45) is -0.710. The maximum atomic E-state index is 12.6. The van der Waals surface area contributed by atoms with Gasteiger partial charge in [-0.1, -0.05) is 11.6 Å². The van der Waals surface area contributed by atoms with Crippen molar-refractivity contribution in [3.05, 3.63) is 47.0 Å². The molecule has 0 aliphatic rings. The van der Waals surface area contributed by atoms with Crippen LogP contribution in [0.3, 0.4) is 0 Å². The lowest BCUT2D eigenvalue weighted by Crippen LogP contribution is -2.24. The molecule has 0 radical (unpaired) electrons. The molecule has 6 heteroatoms. The molecule has 5 nitrogen and oxygen atoms in total. The second-order valence-corrected chi connectivity index (χ2v) is 5.29. The van der Waals surface area contributed by atoms with Crippen molar-refractivity contribution in [3.63, 3.8) is 0 Å². The van der Waals surface area contributed by atoms with E-state index in [-0.39, 0.29) is 5.78 Å². The fourth-order valence-corrected chi connectivity index (χ4v) is 2.31. The van der Waals surface area contributed by atoms with Crippen LogP contribution in [-0.4, -0.2) is 26.1 Å². The average molecular weight is 336 g/mol. The Hall–Kier alpha value is -2.40. The second kappa shape index (κ2) is 7.24. The third kappa shape index (κ3) is 3.87. The Labute approximate surface area is 139 Å². The fourth-order valence-electron chi connectivity index (χ4n) is 2.08. The minimum Gasteiger partial charge on any atom is -0.496 e. The summed E-state index contributed by atoms with van der Waals surface area (Å²) in [7, 11) is 2.96. The summed E-state index contributed by atoms with van der Waals surface area (Å²) in [6, 6.07) is 9.92. The maximum Gasteiger partial charge on any atom is 0.206 e. The van der Waals surface area contributed by atoms with Gasteiger partial charge in [-0.15, -0.1) is 0 Å². The highest BCUT2D eigenvalue weighted by Gasteiger charge is 2.23. The molecule has 0 amide bonds. The molecule has 0 fully saturated rings. The maximum absolute atomic E-state index is 12.6. The van der Waals surface area contributed by atoms with Crippen LogP contribution in [0.2, 0.25) is 5.02 Å². The third-order valence-electron chi connectivity index (χ3n) is 3.30. The normalized spacial score (nSPS) is 11.7. The molecule has 2 aromatic rings. The Morgan fingerprint density at radius 3 is 2.26 bits per heavy atom. The highest BCUT2D eigenvalue weighted by Crippen LogP contribution is 2.33. The lowest BCUT2D eigenvalue weighted by molar-refractivity contribution is 0.0814. The molecule has 0 aromatic heterocycles. The van der Waals surface area contributed by atoms with Gasteiger partial charge >= 0.3 is 0 Å². The van der Waals surface area contributed by atoms with Crippen LogP contribution in [0.1, 0.15) is 17.3 Å². The van der Waals surface area contributed by atoms with Crippen molar-refractivity contribution in [1.82, 2.24) is 0 Å². The van der Waals surface area contributed by atoms with E-state index < -0.39 is 6.10 Å². The van der Waals surface area contributed by atoms with E-state index in [1.54, 1.807) is 43.3 Å². The van der Waals surface area contributed by atoms with Gasteiger partial charge in [-0.25, -0.2) is 0 Å². The molecular weight excluding hydrogens is 318 g/mol. The zero-order chi connectivity index (χ0) is 17.0. The lowest BCUT2D eigenvalue weighted by Gasteiger charge is -2.16. The van der Waals surface area contributed by atoms with Crippen molar-refractivity contribution in [2.24, 2.45) is 0 Å². The number of nitrogen functional groups attached to an aromatic ring is 1. The van der Waals surface area contributed by atoms with E-state index >= 15 is 0 Å². The summed E-state index contributed by atoms with van der Waals surface area (Å²) in [5.74, 6) is 1.08. The van der Waals surface area contributed by atoms with Gasteiger partial charge in [-0.3, -0.25) is 4.79 Å². The SMILES string of the molecule is COc1cc(C(=O)C(C)Oc2ccc(N)cc2)c(OC)cc1Cl. The van der Waals surface area contributed by atoms with Crippen LogP contribution in [-0.2, 0) is 0 Å². The number of ether oxygens (including phenoxy) is 3. The number of carbonyl (C=O) groups excluding carboxylic acids is 1. The van der Waals surface area contributed by atoms with Crippen LogP contribution in [0.4, 0.5) is 5.69 Å². The molecular formula is C17H18ClNO4. The monoisotopic (exact) mass is 335 g/mol. The lowest BCUT2D eigenvalue weighted by atomic mass is 10.1. The molecule has 0 saturated heterocycles. The van der Waals surface area contributed by atoms with E-state index in [0.717, 1.165) is 0 Å². The quantitative estimate of drug-likeness (QED) is 0.645. The van der Waals surface area contributed by atoms with Crippen LogP contribution >= 0.6 is 11.6 Å². The highest BCUT2D eigenvalue weighted by molar-refractivity contribution is 6.32. The van der Waals surface area contributed by atoms with Gasteiger partial charge in [-0.05, 0) is 37.3 Å². The molecule has 0 heterocycles. The van der Waals surface area contributed by atoms with Gasteiger partial charge < -0.3 is 19.9 Å². The first-order chi connectivity index (χ1) is 11.0. The second-order valence-electron chi connectivity index (χ2n) is 4.88. The number of methoxy groups -OCH3 is 2. The average Bonchev–Trinajstić information content (AvgIpc) is 2.55. The Morgan fingerprint density at radius 2 is 1.70 bits per heavy atom. The Kier molecular flexibility index (Phi) is 5.34. The van der Waals surface area contributed by atoms with Crippen LogP contribution in [0.5, 0.6) is 17.2 Å². The molecule has 0 saturated carbocycles. The number of rotatable bonds is 6. The van der Waals surface area contributed by atoms with Crippen LogP contribution in [0.15, 0.2) is 36.4 Å². The smallest absolute Gasteiger partial charge is 0.206 e. The summed E-state index contributed by atoms with van der Waals surface area (Å²) in [6.45, 7) is 1.67. The number of hydrogen-bond acceptors (Lipinski definition) is 5. The number of halogens is 1. The summed E-state index contributed by atoms with van der Waals surface area (Å²) >= 11 is 6.05. The minimum atomic E-state index is -0.710. The summed E-state index contributed by atoms with van der Waals surface area (Å²) in [4.78, 5) is 12.6. The molecule has 1 unspecified atom stereocenters. The molecule has 1 atom stereocenters. The van der Waals surface area contributed by atoms with Crippen LogP contribution in [0.25, 0.3) is 0 Å². The van der Waals surface area contributed by atoms with Crippen LogP contribution < -0.4 is 19.9 Å². The Balaban J connectivity index is 2.26. The fraction of sp³-hybridized carbons (Fsp3) is 0.235. The van der Waals surface area contributed by atoms with Gasteiger partial charge in [0.15, 0.2) is 6.10 Å². The molecule has 0 spiro atoms. The molecule has 23 heavy (non-hydrogen) atoms. The van der Waals surface area contributed by atoms with Gasteiger partial charge in [0.1, 0.15) is 17.2 Å². The van der Waals surface area contributed by atoms with E-state index in [9.17, 15) is 4.79 Å². The number of benzene rings is 2. The third-order valence-corrected chi connectivity index (χ3v) is 3.60. The molecule has 2 N–H and O–H groups in total. The van der Waals surface area contributed by atoms with E-state index in [1.165, 1.54) is 14.2 Å². The number of ketones is 1. The van der Waals surface area contributed by atoms with Crippen molar-refractivity contribution in [2.45, 2.75) is 13.0 Å². The number of hydrogen-bond donors (Lipinski definition) is 1. The first-order valence-electron chi connectivity index (χ1n) is 6.94. The number of nitrogens with two attached hydrogens (primary N) is 1. The van der Waals surface area contributed by atoms with E-state index in [2.05, 4.69) is 0 Å².